The van der Waals surface area contributed by atoms with Crippen LogP contribution in [0.3, 0.4) is 0 Å². The predicted octanol–water partition coefficient (Wildman–Crippen LogP) is 3.23. The normalized spacial score (nSPS) is 16.8. The molecule has 0 bridgehead atoms. The molecule has 1 fully saturated rings. The molecule has 2 N–H and O–H groups in total. The number of thiazole rings is 1. The Labute approximate surface area is 110 Å². The highest BCUT2D eigenvalue weighted by Gasteiger charge is 2.41. The van der Waals surface area contributed by atoms with Crippen molar-refractivity contribution < 1.29 is 4.39 Å². The van der Waals surface area contributed by atoms with E-state index in [0.29, 0.717) is 5.41 Å². The monoisotopic (exact) mass is 262 g/mol. The van der Waals surface area contributed by atoms with E-state index in [9.17, 15) is 4.39 Å². The Kier molecular flexibility index (Phi) is 2.92. The number of nitrogens with zero attached hydrogens (tertiary/aromatic N) is 1. The molecular formula is C14H15FN2S. The first-order valence-corrected chi connectivity index (χ1v) is 6.99. The summed E-state index contributed by atoms with van der Waals surface area (Å²) in [6, 6.07) is 6.47. The molecule has 18 heavy (non-hydrogen) atoms. The minimum atomic E-state index is -0.214. The second-order valence-corrected chi connectivity index (χ2v) is 5.96. The molecule has 4 heteroatoms. The van der Waals surface area contributed by atoms with E-state index in [0.717, 1.165) is 29.2 Å². The standard InChI is InChI=1S/C14H15FN2S/c15-11-3-1-10(2-4-11)12-8-18-13(17-12)7-14(9-16)5-6-14/h1-4,8H,5-7,9,16H2. The van der Waals surface area contributed by atoms with Gasteiger partial charge in [0, 0.05) is 17.4 Å². The molecule has 0 saturated heterocycles. The third-order valence-corrected chi connectivity index (χ3v) is 4.46. The average molecular weight is 262 g/mol. The third-order valence-electron chi connectivity index (χ3n) is 3.61. The lowest BCUT2D eigenvalue weighted by atomic mass is 10.0. The minimum Gasteiger partial charge on any atom is -0.330 e. The van der Waals surface area contributed by atoms with E-state index < -0.39 is 0 Å². The Bertz CT molecular complexity index is 543. The van der Waals surface area contributed by atoms with Crippen molar-refractivity contribution in [2.75, 3.05) is 6.54 Å². The van der Waals surface area contributed by atoms with E-state index in [2.05, 4.69) is 4.98 Å². The van der Waals surface area contributed by atoms with Crippen LogP contribution < -0.4 is 5.73 Å². The number of benzene rings is 1. The van der Waals surface area contributed by atoms with Crippen LogP contribution in [0.2, 0.25) is 0 Å². The number of hydrogen-bond acceptors (Lipinski definition) is 3. The molecule has 1 saturated carbocycles. The maximum absolute atomic E-state index is 12.9. The Balaban J connectivity index is 1.79. The van der Waals surface area contributed by atoms with Gasteiger partial charge in [0.25, 0.3) is 0 Å². The Morgan fingerprint density at radius 3 is 2.61 bits per heavy atom. The van der Waals surface area contributed by atoms with Crippen molar-refractivity contribution in [3.05, 3.63) is 40.5 Å². The van der Waals surface area contributed by atoms with Crippen LogP contribution in [0, 0.1) is 11.2 Å². The van der Waals surface area contributed by atoms with Crippen molar-refractivity contribution >= 4 is 11.3 Å². The van der Waals surface area contributed by atoms with Crippen LogP contribution in [0.25, 0.3) is 11.3 Å². The smallest absolute Gasteiger partial charge is 0.123 e. The first-order valence-electron chi connectivity index (χ1n) is 6.11. The van der Waals surface area contributed by atoms with E-state index in [1.54, 1.807) is 23.5 Å². The summed E-state index contributed by atoms with van der Waals surface area (Å²) in [5, 5.41) is 3.17. The van der Waals surface area contributed by atoms with Gasteiger partial charge in [0.1, 0.15) is 5.82 Å². The van der Waals surface area contributed by atoms with Gasteiger partial charge in [-0.25, -0.2) is 9.37 Å². The fourth-order valence-electron chi connectivity index (χ4n) is 2.10. The molecule has 0 aliphatic heterocycles. The van der Waals surface area contributed by atoms with E-state index in [1.165, 1.54) is 25.0 Å². The van der Waals surface area contributed by atoms with Gasteiger partial charge >= 0.3 is 0 Å². The lowest BCUT2D eigenvalue weighted by Gasteiger charge is -2.08. The quantitative estimate of drug-likeness (QED) is 0.918. The van der Waals surface area contributed by atoms with Crippen LogP contribution in [0.5, 0.6) is 0 Å². The van der Waals surface area contributed by atoms with Crippen LogP contribution in [-0.4, -0.2) is 11.5 Å². The molecule has 0 atom stereocenters. The summed E-state index contributed by atoms with van der Waals surface area (Å²) in [6.45, 7) is 0.748. The lowest BCUT2D eigenvalue weighted by Crippen LogP contribution is -2.17. The van der Waals surface area contributed by atoms with Crippen molar-refractivity contribution in [3.8, 4) is 11.3 Å². The van der Waals surface area contributed by atoms with Gasteiger partial charge in [-0.1, -0.05) is 0 Å². The Morgan fingerprint density at radius 1 is 1.28 bits per heavy atom. The zero-order valence-corrected chi connectivity index (χ0v) is 10.8. The van der Waals surface area contributed by atoms with Gasteiger partial charge in [0.15, 0.2) is 0 Å². The molecule has 94 valence electrons. The van der Waals surface area contributed by atoms with Crippen molar-refractivity contribution in [2.24, 2.45) is 11.1 Å². The molecule has 0 unspecified atom stereocenters. The van der Waals surface area contributed by atoms with Gasteiger partial charge in [-0.2, -0.15) is 0 Å². The Morgan fingerprint density at radius 2 is 2.00 bits per heavy atom. The molecule has 0 spiro atoms. The largest absolute Gasteiger partial charge is 0.330 e. The maximum Gasteiger partial charge on any atom is 0.123 e. The molecule has 1 aromatic carbocycles. The molecular weight excluding hydrogens is 247 g/mol. The second kappa shape index (κ2) is 4.44. The van der Waals surface area contributed by atoms with Crippen LogP contribution in [0.15, 0.2) is 29.6 Å². The highest BCUT2D eigenvalue weighted by Crippen LogP contribution is 2.47. The maximum atomic E-state index is 12.9. The zero-order valence-electron chi connectivity index (χ0n) is 10.0. The highest BCUT2D eigenvalue weighted by atomic mass is 32.1. The van der Waals surface area contributed by atoms with Gasteiger partial charge in [0.2, 0.25) is 0 Å². The molecule has 0 radical (unpaired) electrons. The van der Waals surface area contributed by atoms with Crippen molar-refractivity contribution in [1.82, 2.24) is 4.98 Å². The molecule has 1 aliphatic carbocycles. The molecule has 0 amide bonds. The number of rotatable bonds is 4. The molecule has 1 aliphatic rings. The number of hydrogen-bond donors (Lipinski definition) is 1. The molecule has 1 heterocycles. The summed E-state index contributed by atoms with van der Waals surface area (Å²) in [7, 11) is 0. The van der Waals surface area contributed by atoms with E-state index in [1.807, 2.05) is 5.38 Å². The Hall–Kier alpha value is -1.26. The average Bonchev–Trinajstić information content (AvgIpc) is 3.00. The fourth-order valence-corrected chi connectivity index (χ4v) is 3.07. The fraction of sp³-hybridized carbons (Fsp3) is 0.357. The van der Waals surface area contributed by atoms with Gasteiger partial charge in [-0.15, -0.1) is 11.3 Å². The first-order chi connectivity index (χ1) is 8.71. The van der Waals surface area contributed by atoms with E-state index >= 15 is 0 Å². The summed E-state index contributed by atoms with van der Waals surface area (Å²) in [4.78, 5) is 4.62. The number of halogens is 1. The first kappa shape index (κ1) is 11.8. The number of nitrogens with two attached hydrogens (primary N) is 1. The third kappa shape index (κ3) is 2.31. The minimum absolute atomic E-state index is 0.214. The summed E-state index contributed by atoms with van der Waals surface area (Å²) >= 11 is 1.67. The highest BCUT2D eigenvalue weighted by molar-refractivity contribution is 7.09. The summed E-state index contributed by atoms with van der Waals surface area (Å²) < 4.78 is 12.9. The molecule has 2 nitrogen and oxygen atoms in total. The van der Waals surface area contributed by atoms with Gasteiger partial charge in [0.05, 0.1) is 10.7 Å². The van der Waals surface area contributed by atoms with Gasteiger partial charge in [-0.05, 0) is 49.1 Å². The topological polar surface area (TPSA) is 38.9 Å². The molecule has 2 aromatic rings. The predicted molar refractivity (Wildman–Crippen MR) is 71.9 cm³/mol. The van der Waals surface area contributed by atoms with Crippen molar-refractivity contribution in [1.29, 1.82) is 0 Å². The summed E-state index contributed by atoms with van der Waals surface area (Å²) in [6.07, 6.45) is 3.42. The molecule has 3 rings (SSSR count). The van der Waals surface area contributed by atoms with Crippen molar-refractivity contribution in [3.63, 3.8) is 0 Å². The lowest BCUT2D eigenvalue weighted by molar-refractivity contribution is 0.520. The van der Waals surface area contributed by atoms with Crippen LogP contribution in [0.4, 0.5) is 4.39 Å². The molecule has 1 aromatic heterocycles. The second-order valence-electron chi connectivity index (χ2n) is 5.01. The van der Waals surface area contributed by atoms with E-state index in [-0.39, 0.29) is 5.82 Å². The van der Waals surface area contributed by atoms with Crippen LogP contribution >= 0.6 is 11.3 Å². The van der Waals surface area contributed by atoms with E-state index in [4.69, 9.17) is 5.73 Å². The van der Waals surface area contributed by atoms with Gasteiger partial charge in [-0.3, -0.25) is 0 Å². The number of aromatic nitrogens is 1. The summed E-state index contributed by atoms with van der Waals surface area (Å²) in [5.74, 6) is -0.214. The van der Waals surface area contributed by atoms with Gasteiger partial charge < -0.3 is 5.73 Å². The summed E-state index contributed by atoms with van der Waals surface area (Å²) in [5.41, 5.74) is 8.01. The van der Waals surface area contributed by atoms with Crippen LogP contribution in [-0.2, 0) is 6.42 Å². The SMILES string of the molecule is NCC1(Cc2nc(-c3ccc(F)cc3)cs2)CC1. The van der Waals surface area contributed by atoms with Crippen molar-refractivity contribution in [2.45, 2.75) is 19.3 Å². The zero-order chi connectivity index (χ0) is 12.6. The van der Waals surface area contributed by atoms with Crippen LogP contribution in [0.1, 0.15) is 17.8 Å².